The van der Waals surface area contributed by atoms with Gasteiger partial charge in [-0.1, -0.05) is 32.9 Å². The normalized spacial score (nSPS) is 38.1. The summed E-state index contributed by atoms with van der Waals surface area (Å²) in [6.07, 6.45) is 2.33. The molecule has 0 aromatic carbocycles. The van der Waals surface area contributed by atoms with Gasteiger partial charge in [-0.2, -0.15) is 0 Å². The highest BCUT2D eigenvalue weighted by atomic mass is 19.4. The van der Waals surface area contributed by atoms with Gasteiger partial charge >= 0.3 is 13.5 Å². The molecule has 0 radical (unpaired) electrons. The van der Waals surface area contributed by atoms with Gasteiger partial charge in [-0.15, -0.1) is 13.2 Å². The van der Waals surface area contributed by atoms with Crippen LogP contribution in [0.2, 0.25) is 0 Å². The van der Waals surface area contributed by atoms with Crippen LogP contribution in [0.25, 0.3) is 0 Å². The van der Waals surface area contributed by atoms with E-state index in [9.17, 15) is 13.2 Å². The number of hydrogen-bond donors (Lipinski definition) is 1. The molecule has 0 amide bonds. The van der Waals surface area contributed by atoms with E-state index in [1.54, 1.807) is 0 Å². The number of nitrogens with one attached hydrogen (secondary N) is 1. The quantitative estimate of drug-likeness (QED) is 0.428. The minimum absolute atomic E-state index is 0.000845. The number of hydrogen-bond acceptors (Lipinski definition) is 6. The molecule has 0 spiro atoms. The second kappa shape index (κ2) is 9.49. The van der Waals surface area contributed by atoms with Gasteiger partial charge in [-0.05, 0) is 74.7 Å². The van der Waals surface area contributed by atoms with Gasteiger partial charge < -0.3 is 24.2 Å². The van der Waals surface area contributed by atoms with E-state index in [1.807, 2.05) is 0 Å². The highest BCUT2D eigenvalue weighted by Crippen LogP contribution is 2.65. The Hall–Kier alpha value is -1.26. The van der Waals surface area contributed by atoms with E-state index < -0.39 is 12.3 Å². The Balaban J connectivity index is 1.19. The van der Waals surface area contributed by atoms with Crippen molar-refractivity contribution in [2.45, 2.75) is 110 Å². The first-order valence-corrected chi connectivity index (χ1v) is 13.6. The molecule has 202 valence electrons. The average molecular weight is 512 g/mol. The fraction of sp³-hybridized carbons (Fsp3) is 0.885. The zero-order valence-electron chi connectivity index (χ0n) is 22.1. The molecule has 4 aliphatic carbocycles. The molecule has 1 saturated heterocycles. The third-order valence-electron chi connectivity index (χ3n) is 9.41. The Bertz CT molecular complexity index is 895. The lowest BCUT2D eigenvalue weighted by atomic mass is 9.43. The monoisotopic (exact) mass is 512 g/mol. The summed E-state index contributed by atoms with van der Waals surface area (Å²) in [4.78, 5) is 5.66. The number of ether oxygens (including phenoxy) is 1. The second-order valence-electron chi connectivity index (χ2n) is 12.6. The minimum Gasteiger partial charge on any atom is -0.410 e. The molecule has 2 bridgehead atoms. The predicted molar refractivity (Wildman–Crippen MR) is 131 cm³/mol. The lowest BCUT2D eigenvalue weighted by Gasteiger charge is -2.64. The molecule has 7 atom stereocenters. The van der Waals surface area contributed by atoms with E-state index >= 15 is 0 Å². The fourth-order valence-electron chi connectivity index (χ4n) is 7.35. The number of allylic oxidation sites excluding steroid dienone is 2. The van der Waals surface area contributed by atoms with Crippen LogP contribution < -0.4 is 5.32 Å². The standard InChI is InChI=1S/C26H40BF3N2O4/c1-15(2)10-23(27-34-22-12-16-11-21(24(16,3)4)25(22,5)36-27)31-14-17-13-19(32-35-17)18-8-6-7-9-20(18)33-26(28,29)30/h9,15-18,21-23,31H,6-8,10-14H2,1-5H3/t16-,17?,18+,21-,22+,23-,25-/m0/s1. The Labute approximate surface area is 212 Å². The molecule has 1 unspecified atom stereocenters. The van der Waals surface area contributed by atoms with Crippen molar-refractivity contribution < 1.29 is 32.1 Å². The first-order chi connectivity index (χ1) is 16.9. The molecule has 0 aromatic rings. The summed E-state index contributed by atoms with van der Waals surface area (Å²) in [5, 5.41) is 7.79. The van der Waals surface area contributed by atoms with Crippen molar-refractivity contribution in [3.8, 4) is 0 Å². The van der Waals surface area contributed by atoms with Crippen LogP contribution in [-0.4, -0.2) is 49.5 Å². The molecule has 6 rings (SSSR count). The third-order valence-corrected chi connectivity index (χ3v) is 9.41. The summed E-state index contributed by atoms with van der Waals surface area (Å²) in [6, 6.07) is 0. The zero-order chi connectivity index (χ0) is 25.9. The largest absolute Gasteiger partial charge is 0.572 e. The summed E-state index contributed by atoms with van der Waals surface area (Å²) in [6.45, 7) is 11.8. The predicted octanol–water partition coefficient (Wildman–Crippen LogP) is 5.62. The molecule has 6 aliphatic rings. The van der Waals surface area contributed by atoms with E-state index in [4.69, 9.17) is 14.1 Å². The van der Waals surface area contributed by atoms with Crippen LogP contribution in [0.5, 0.6) is 0 Å². The van der Waals surface area contributed by atoms with Crippen LogP contribution in [-0.2, 0) is 18.9 Å². The van der Waals surface area contributed by atoms with Crippen molar-refractivity contribution in [1.29, 1.82) is 0 Å². The molecule has 6 nitrogen and oxygen atoms in total. The van der Waals surface area contributed by atoms with Crippen molar-refractivity contribution >= 4 is 12.8 Å². The Morgan fingerprint density at radius 2 is 2.03 bits per heavy atom. The summed E-state index contributed by atoms with van der Waals surface area (Å²) in [5.74, 6) is 1.12. The van der Waals surface area contributed by atoms with Gasteiger partial charge in [0.1, 0.15) is 11.9 Å². The first-order valence-electron chi connectivity index (χ1n) is 13.6. The van der Waals surface area contributed by atoms with Crippen molar-refractivity contribution in [3.05, 3.63) is 11.8 Å². The number of alkyl halides is 3. The van der Waals surface area contributed by atoms with Gasteiger partial charge in [-0.3, -0.25) is 0 Å². The molecule has 3 saturated carbocycles. The van der Waals surface area contributed by atoms with Gasteiger partial charge in [0.25, 0.3) is 0 Å². The molecule has 10 heteroatoms. The lowest BCUT2D eigenvalue weighted by Crippen LogP contribution is -2.65. The third kappa shape index (κ3) is 4.94. The molecular weight excluding hydrogens is 472 g/mol. The Kier molecular flexibility index (Phi) is 6.95. The number of rotatable bonds is 8. The van der Waals surface area contributed by atoms with Crippen LogP contribution in [0.4, 0.5) is 13.2 Å². The fourth-order valence-corrected chi connectivity index (χ4v) is 7.35. The first kappa shape index (κ1) is 26.4. The minimum atomic E-state index is -4.70. The van der Waals surface area contributed by atoms with Gasteiger partial charge in [0.15, 0.2) is 0 Å². The zero-order valence-corrected chi connectivity index (χ0v) is 22.1. The summed E-state index contributed by atoms with van der Waals surface area (Å²) >= 11 is 0. The van der Waals surface area contributed by atoms with Gasteiger partial charge in [0.2, 0.25) is 0 Å². The van der Waals surface area contributed by atoms with Crippen molar-refractivity contribution in [2.24, 2.45) is 34.2 Å². The van der Waals surface area contributed by atoms with Crippen molar-refractivity contribution in [3.63, 3.8) is 0 Å². The average Bonchev–Trinajstić information content (AvgIpc) is 3.39. The molecule has 4 fully saturated rings. The molecule has 2 aliphatic heterocycles. The SMILES string of the molecule is CC(C)C[C@H](NCC1CC([C@H]2CCCC=C2OC(F)(F)F)=NO1)B1O[C@@H]2C[C@@H]3C[C@@H](C3(C)C)[C@]2(C)O1. The van der Waals surface area contributed by atoms with Gasteiger partial charge in [-0.25, -0.2) is 0 Å². The summed E-state index contributed by atoms with van der Waals surface area (Å²) < 4.78 is 56.2. The maximum absolute atomic E-state index is 12.9. The lowest BCUT2D eigenvalue weighted by molar-refractivity contribution is -0.308. The van der Waals surface area contributed by atoms with E-state index in [0.717, 1.165) is 19.3 Å². The second-order valence-corrected chi connectivity index (χ2v) is 12.6. The number of nitrogens with zero attached hydrogens (tertiary/aromatic N) is 1. The number of oxime groups is 1. The molecular formula is C26H40BF3N2O4. The van der Waals surface area contributed by atoms with E-state index in [2.05, 4.69) is 49.8 Å². The topological polar surface area (TPSA) is 61.3 Å². The smallest absolute Gasteiger partial charge is 0.410 e. The molecule has 1 N–H and O–H groups in total. The Morgan fingerprint density at radius 3 is 2.72 bits per heavy atom. The van der Waals surface area contributed by atoms with Crippen LogP contribution >= 0.6 is 0 Å². The number of halogens is 3. The maximum atomic E-state index is 12.9. The highest BCUT2D eigenvalue weighted by molar-refractivity contribution is 6.47. The van der Waals surface area contributed by atoms with Crippen LogP contribution in [0.3, 0.4) is 0 Å². The highest BCUT2D eigenvalue weighted by Gasteiger charge is 2.68. The van der Waals surface area contributed by atoms with Crippen molar-refractivity contribution in [1.82, 2.24) is 5.32 Å². The van der Waals surface area contributed by atoms with Crippen LogP contribution in [0, 0.1) is 29.1 Å². The molecule has 0 aromatic heterocycles. The van der Waals surface area contributed by atoms with Crippen LogP contribution in [0.1, 0.15) is 79.6 Å². The van der Waals surface area contributed by atoms with Gasteiger partial charge in [0, 0.05) is 18.9 Å². The Morgan fingerprint density at radius 1 is 1.25 bits per heavy atom. The van der Waals surface area contributed by atoms with E-state index in [1.165, 1.54) is 12.5 Å². The van der Waals surface area contributed by atoms with Gasteiger partial charge in [0.05, 0.1) is 23.3 Å². The van der Waals surface area contributed by atoms with E-state index in [-0.39, 0.29) is 42.0 Å². The van der Waals surface area contributed by atoms with E-state index in [0.29, 0.717) is 49.3 Å². The summed E-state index contributed by atoms with van der Waals surface area (Å²) in [7, 11) is -0.326. The van der Waals surface area contributed by atoms with Crippen LogP contribution in [0.15, 0.2) is 17.0 Å². The maximum Gasteiger partial charge on any atom is 0.572 e. The van der Waals surface area contributed by atoms with Crippen molar-refractivity contribution in [2.75, 3.05) is 6.54 Å². The molecule has 36 heavy (non-hydrogen) atoms. The summed E-state index contributed by atoms with van der Waals surface area (Å²) in [5.41, 5.74) is 0.659. The molecule has 2 heterocycles.